The number of carbonyl (C=O) groups excluding carboxylic acids is 1. The minimum atomic E-state index is -0.454. The Bertz CT molecular complexity index is 437. The van der Waals surface area contributed by atoms with Gasteiger partial charge in [-0.1, -0.05) is 0 Å². The van der Waals surface area contributed by atoms with Crippen LogP contribution in [0.25, 0.3) is 0 Å². The molecular formula is C17H31N3O3. The van der Waals surface area contributed by atoms with Crippen molar-refractivity contribution in [1.82, 2.24) is 15.1 Å². The van der Waals surface area contributed by atoms with E-state index in [2.05, 4.69) is 10.2 Å². The van der Waals surface area contributed by atoms with Crippen molar-refractivity contribution in [3.05, 3.63) is 0 Å². The van der Waals surface area contributed by atoms with E-state index < -0.39 is 5.60 Å². The normalized spacial score (nSPS) is 35.9. The lowest BCUT2D eigenvalue weighted by Crippen LogP contribution is -2.67. The van der Waals surface area contributed by atoms with Crippen LogP contribution in [0.1, 0.15) is 46.5 Å². The molecule has 23 heavy (non-hydrogen) atoms. The zero-order valence-corrected chi connectivity index (χ0v) is 14.6. The van der Waals surface area contributed by atoms with Gasteiger partial charge in [0.25, 0.3) is 0 Å². The predicted molar refractivity (Wildman–Crippen MR) is 88.4 cm³/mol. The van der Waals surface area contributed by atoms with Crippen molar-refractivity contribution < 1.29 is 14.6 Å². The number of aliphatic hydroxyl groups is 1. The monoisotopic (exact) mass is 325 g/mol. The summed E-state index contributed by atoms with van der Waals surface area (Å²) in [5, 5.41) is 13.5. The Kier molecular flexibility index (Phi) is 4.85. The van der Waals surface area contributed by atoms with Gasteiger partial charge in [-0.3, -0.25) is 4.90 Å². The van der Waals surface area contributed by atoms with Crippen molar-refractivity contribution in [1.29, 1.82) is 0 Å². The molecule has 0 aromatic heterocycles. The van der Waals surface area contributed by atoms with Gasteiger partial charge in [-0.2, -0.15) is 0 Å². The van der Waals surface area contributed by atoms with Gasteiger partial charge in [0.1, 0.15) is 5.60 Å². The zero-order valence-electron chi connectivity index (χ0n) is 14.6. The number of amides is 1. The van der Waals surface area contributed by atoms with Gasteiger partial charge in [0, 0.05) is 38.3 Å². The van der Waals surface area contributed by atoms with Gasteiger partial charge in [0.15, 0.2) is 0 Å². The van der Waals surface area contributed by atoms with Crippen molar-refractivity contribution in [2.45, 2.75) is 76.3 Å². The van der Waals surface area contributed by atoms with Crippen LogP contribution in [0.3, 0.4) is 0 Å². The third kappa shape index (κ3) is 3.80. The lowest BCUT2D eigenvalue weighted by Gasteiger charge is -2.50. The molecule has 1 saturated carbocycles. The molecule has 3 fully saturated rings. The van der Waals surface area contributed by atoms with Gasteiger partial charge in [-0.05, 0) is 46.5 Å². The first-order valence-corrected chi connectivity index (χ1v) is 9.00. The molecule has 2 heterocycles. The van der Waals surface area contributed by atoms with Crippen LogP contribution < -0.4 is 5.32 Å². The van der Waals surface area contributed by atoms with Crippen molar-refractivity contribution in [2.75, 3.05) is 26.2 Å². The number of carbonyl (C=O) groups is 1. The lowest BCUT2D eigenvalue weighted by molar-refractivity contribution is -0.0133. The lowest BCUT2D eigenvalue weighted by atomic mass is 9.83. The number of hydrogen-bond acceptors (Lipinski definition) is 5. The van der Waals surface area contributed by atoms with Crippen molar-refractivity contribution in [2.24, 2.45) is 0 Å². The summed E-state index contributed by atoms with van der Waals surface area (Å²) in [5.74, 6) is 0. The summed E-state index contributed by atoms with van der Waals surface area (Å²) in [5.41, 5.74) is -0.454. The summed E-state index contributed by atoms with van der Waals surface area (Å²) < 4.78 is 5.61. The molecule has 0 spiro atoms. The Morgan fingerprint density at radius 1 is 1.17 bits per heavy atom. The summed E-state index contributed by atoms with van der Waals surface area (Å²) in [6.07, 6.45) is 3.78. The molecule has 2 aliphatic heterocycles. The third-order valence-corrected chi connectivity index (χ3v) is 5.25. The van der Waals surface area contributed by atoms with Gasteiger partial charge in [-0.25, -0.2) is 4.79 Å². The number of β-amino-alcohol motifs (C(OH)–C–C–N with tert-alkyl or cyclic N) is 1. The average Bonchev–Trinajstić information content (AvgIpc) is 2.90. The summed E-state index contributed by atoms with van der Waals surface area (Å²) in [6, 6.07) is 0.904. The maximum absolute atomic E-state index is 12.6. The molecule has 3 rings (SSSR count). The number of hydrogen-bond donors (Lipinski definition) is 2. The second-order valence-corrected chi connectivity index (χ2v) is 8.16. The van der Waals surface area contributed by atoms with Crippen LogP contribution in [0.15, 0.2) is 0 Å². The topological polar surface area (TPSA) is 65.0 Å². The fourth-order valence-corrected chi connectivity index (χ4v) is 4.32. The molecule has 1 amide bonds. The van der Waals surface area contributed by atoms with Crippen LogP contribution in [0.2, 0.25) is 0 Å². The highest BCUT2D eigenvalue weighted by Crippen LogP contribution is 2.31. The van der Waals surface area contributed by atoms with Crippen LogP contribution in [0, 0.1) is 0 Å². The highest BCUT2D eigenvalue weighted by molar-refractivity contribution is 5.69. The van der Waals surface area contributed by atoms with Crippen molar-refractivity contribution in [3.63, 3.8) is 0 Å². The quantitative estimate of drug-likeness (QED) is 0.758. The van der Waals surface area contributed by atoms with E-state index in [0.717, 1.165) is 45.3 Å². The van der Waals surface area contributed by atoms with Crippen LogP contribution in [0.5, 0.6) is 0 Å². The molecular weight excluding hydrogens is 294 g/mol. The first kappa shape index (κ1) is 17.0. The molecule has 0 aromatic rings. The van der Waals surface area contributed by atoms with Crippen LogP contribution in [-0.4, -0.2) is 77.0 Å². The molecule has 2 N–H and O–H groups in total. The van der Waals surface area contributed by atoms with Gasteiger partial charge < -0.3 is 20.1 Å². The van der Waals surface area contributed by atoms with Gasteiger partial charge in [-0.15, -0.1) is 0 Å². The Morgan fingerprint density at radius 2 is 1.91 bits per heavy atom. The molecule has 4 atom stereocenters. The van der Waals surface area contributed by atoms with E-state index in [-0.39, 0.29) is 24.3 Å². The van der Waals surface area contributed by atoms with Crippen LogP contribution >= 0.6 is 0 Å². The predicted octanol–water partition coefficient (Wildman–Crippen LogP) is 1.18. The van der Waals surface area contributed by atoms with Crippen LogP contribution in [0.4, 0.5) is 4.79 Å². The summed E-state index contributed by atoms with van der Waals surface area (Å²) >= 11 is 0. The first-order chi connectivity index (χ1) is 10.8. The largest absolute Gasteiger partial charge is 0.444 e. The fraction of sp³-hybridized carbons (Fsp3) is 0.941. The molecule has 0 radical (unpaired) electrons. The molecule has 3 unspecified atom stereocenters. The summed E-state index contributed by atoms with van der Waals surface area (Å²) in [7, 11) is 0. The maximum atomic E-state index is 12.6. The highest BCUT2D eigenvalue weighted by Gasteiger charge is 2.44. The Balaban J connectivity index is 1.70. The summed E-state index contributed by atoms with van der Waals surface area (Å²) in [6.45, 7) is 9.00. The van der Waals surface area contributed by atoms with Gasteiger partial charge in [0.05, 0.1) is 12.1 Å². The molecule has 6 heteroatoms. The average molecular weight is 325 g/mol. The van der Waals surface area contributed by atoms with E-state index in [1.807, 2.05) is 25.7 Å². The second kappa shape index (κ2) is 6.57. The van der Waals surface area contributed by atoms with E-state index >= 15 is 0 Å². The maximum Gasteiger partial charge on any atom is 0.410 e. The number of nitrogens with one attached hydrogen (secondary N) is 1. The number of likely N-dealkylation sites (tertiary alicyclic amines) is 1. The molecule has 0 aromatic carbocycles. The molecule has 6 nitrogen and oxygen atoms in total. The first-order valence-electron chi connectivity index (χ1n) is 9.00. The third-order valence-electron chi connectivity index (χ3n) is 5.25. The number of ether oxygens (including phenoxy) is 1. The van der Waals surface area contributed by atoms with E-state index in [0.29, 0.717) is 12.6 Å². The number of nitrogens with zero attached hydrogens (tertiary/aromatic N) is 2. The molecule has 132 valence electrons. The Hall–Kier alpha value is -0.850. The number of rotatable bonds is 1. The van der Waals surface area contributed by atoms with Gasteiger partial charge in [0.2, 0.25) is 0 Å². The Morgan fingerprint density at radius 3 is 2.57 bits per heavy atom. The SMILES string of the molecule is CC(C)(C)OC(=O)N1CCNC2C(N3CC[C@H](O)C3)CCCC21. The minimum absolute atomic E-state index is 0.184. The smallest absolute Gasteiger partial charge is 0.410 e. The number of aliphatic hydroxyl groups excluding tert-OH is 1. The van der Waals surface area contributed by atoms with E-state index in [1.165, 1.54) is 0 Å². The van der Waals surface area contributed by atoms with Gasteiger partial charge >= 0.3 is 6.09 Å². The number of piperazine rings is 1. The van der Waals surface area contributed by atoms with Crippen LogP contribution in [-0.2, 0) is 4.74 Å². The molecule has 0 bridgehead atoms. The summed E-state index contributed by atoms with van der Waals surface area (Å²) in [4.78, 5) is 16.9. The number of fused-ring (bicyclic) bond motifs is 1. The minimum Gasteiger partial charge on any atom is -0.444 e. The van der Waals surface area contributed by atoms with E-state index in [1.54, 1.807) is 0 Å². The molecule has 3 aliphatic rings. The highest BCUT2D eigenvalue weighted by atomic mass is 16.6. The Labute approximate surface area is 139 Å². The zero-order chi connectivity index (χ0) is 16.6. The molecule has 1 aliphatic carbocycles. The van der Waals surface area contributed by atoms with E-state index in [4.69, 9.17) is 4.74 Å². The van der Waals surface area contributed by atoms with Crippen molar-refractivity contribution in [3.8, 4) is 0 Å². The fourth-order valence-electron chi connectivity index (χ4n) is 4.32. The van der Waals surface area contributed by atoms with Crippen molar-refractivity contribution >= 4 is 6.09 Å². The standard InChI is InChI=1S/C17H31N3O3/c1-17(2,3)23-16(22)20-10-8-18-15-13(5-4-6-14(15)20)19-9-7-12(21)11-19/h12-15,18,21H,4-11H2,1-3H3/t12-,13?,14?,15?/m0/s1. The second-order valence-electron chi connectivity index (χ2n) is 8.16. The van der Waals surface area contributed by atoms with E-state index in [9.17, 15) is 9.90 Å². The molecule has 2 saturated heterocycles.